The molecule has 1 aliphatic heterocycles. The lowest BCUT2D eigenvalue weighted by Gasteiger charge is -2.32. The molecule has 1 fully saturated rings. The van der Waals surface area contributed by atoms with Crippen LogP contribution in [0.5, 0.6) is 0 Å². The van der Waals surface area contributed by atoms with E-state index in [9.17, 15) is 0 Å². The van der Waals surface area contributed by atoms with E-state index in [4.69, 9.17) is 9.31 Å². The Kier molecular flexibility index (Phi) is 3.09. The molecule has 0 radical (unpaired) electrons. The largest absolute Gasteiger partial charge is 0.497 e. The third-order valence-corrected chi connectivity index (χ3v) is 4.98. The number of hydrogen-bond donors (Lipinski definition) is 0. The van der Waals surface area contributed by atoms with Crippen molar-refractivity contribution in [3.8, 4) is 0 Å². The third kappa shape index (κ3) is 2.03. The van der Waals surface area contributed by atoms with Crippen molar-refractivity contribution in [1.82, 2.24) is 4.57 Å². The van der Waals surface area contributed by atoms with Crippen molar-refractivity contribution >= 4 is 39.4 Å². The fraction of sp³-hybridized carbons (Fsp3) is 0.467. The predicted molar refractivity (Wildman–Crippen MR) is 86.3 cm³/mol. The molecule has 1 aromatic heterocycles. The van der Waals surface area contributed by atoms with Gasteiger partial charge in [0.1, 0.15) is 0 Å². The van der Waals surface area contributed by atoms with Gasteiger partial charge in [0.2, 0.25) is 0 Å². The number of halogens is 1. The molecule has 0 bridgehead atoms. The molecule has 0 unspecified atom stereocenters. The Morgan fingerprint density at radius 3 is 2.30 bits per heavy atom. The lowest BCUT2D eigenvalue weighted by molar-refractivity contribution is 0.00578. The number of benzene rings is 1. The van der Waals surface area contributed by atoms with Crippen LogP contribution in [-0.2, 0) is 16.4 Å². The second-order valence-corrected chi connectivity index (χ2v) is 7.36. The fourth-order valence-electron chi connectivity index (χ4n) is 2.55. The summed E-state index contributed by atoms with van der Waals surface area (Å²) in [6.45, 7) is 8.31. The van der Waals surface area contributed by atoms with Crippen molar-refractivity contribution in [2.24, 2.45) is 7.05 Å². The zero-order valence-corrected chi connectivity index (χ0v) is 14.1. The molecule has 0 spiro atoms. The topological polar surface area (TPSA) is 23.4 Å². The molecule has 0 N–H and O–H groups in total. The van der Waals surface area contributed by atoms with Crippen LogP contribution in [0, 0.1) is 0 Å². The molecule has 0 aliphatic carbocycles. The Bertz CT molecular complexity index is 662. The highest BCUT2D eigenvalue weighted by Gasteiger charge is 2.52. The van der Waals surface area contributed by atoms with Crippen LogP contribution in [0.25, 0.3) is 10.9 Å². The highest BCUT2D eigenvalue weighted by Crippen LogP contribution is 2.37. The summed E-state index contributed by atoms with van der Waals surface area (Å²) in [6.07, 6.45) is 2.10. The first-order chi connectivity index (χ1) is 9.21. The Labute approximate surface area is 128 Å². The van der Waals surface area contributed by atoms with Gasteiger partial charge in [-0.25, -0.2) is 0 Å². The van der Waals surface area contributed by atoms with E-state index in [1.165, 1.54) is 10.9 Å². The van der Waals surface area contributed by atoms with Gasteiger partial charge in [0.05, 0.1) is 11.2 Å². The van der Waals surface area contributed by atoms with Gasteiger partial charge in [-0.3, -0.25) is 0 Å². The maximum absolute atomic E-state index is 6.16. The average molecular weight is 336 g/mol. The van der Waals surface area contributed by atoms with Gasteiger partial charge in [-0.2, -0.15) is 0 Å². The molecule has 0 atom stereocenters. The minimum absolute atomic E-state index is 0.314. The number of fused-ring (bicyclic) bond motifs is 1. The van der Waals surface area contributed by atoms with Crippen LogP contribution in [-0.4, -0.2) is 22.9 Å². The Morgan fingerprint density at radius 2 is 1.70 bits per heavy atom. The van der Waals surface area contributed by atoms with Crippen LogP contribution in [0.3, 0.4) is 0 Å². The zero-order chi connectivity index (χ0) is 14.7. The lowest BCUT2D eigenvalue weighted by atomic mass is 9.79. The van der Waals surface area contributed by atoms with Crippen molar-refractivity contribution in [2.75, 3.05) is 0 Å². The van der Waals surface area contributed by atoms with Crippen molar-refractivity contribution in [1.29, 1.82) is 0 Å². The first-order valence-electron chi connectivity index (χ1n) is 6.81. The molecule has 0 amide bonds. The van der Waals surface area contributed by atoms with Gasteiger partial charge < -0.3 is 13.9 Å². The standard InChI is InChI=1S/C15H19BBrNO2/c1-14(2)15(3,4)20-16(19-14)12-9-18(5)13-7-6-10(17)8-11(12)13/h6-9H,1-5H3. The van der Waals surface area contributed by atoms with Crippen LogP contribution in [0.4, 0.5) is 0 Å². The summed E-state index contributed by atoms with van der Waals surface area (Å²) in [5.41, 5.74) is 1.64. The van der Waals surface area contributed by atoms with E-state index in [0.717, 1.165) is 9.94 Å². The van der Waals surface area contributed by atoms with Gasteiger partial charge in [-0.15, -0.1) is 0 Å². The van der Waals surface area contributed by atoms with Crippen LogP contribution < -0.4 is 5.46 Å². The lowest BCUT2D eigenvalue weighted by Crippen LogP contribution is -2.41. The summed E-state index contributed by atoms with van der Waals surface area (Å²) in [7, 11) is 1.73. The van der Waals surface area contributed by atoms with E-state index in [2.05, 4.69) is 72.6 Å². The molecule has 20 heavy (non-hydrogen) atoms. The molecule has 3 nitrogen and oxygen atoms in total. The SMILES string of the molecule is Cn1cc(B2OC(C)(C)C(C)(C)O2)c2cc(Br)ccc21. The molecule has 1 aliphatic rings. The Hall–Kier alpha value is -0.775. The van der Waals surface area contributed by atoms with Crippen LogP contribution >= 0.6 is 15.9 Å². The van der Waals surface area contributed by atoms with Crippen LogP contribution in [0.1, 0.15) is 27.7 Å². The minimum Gasteiger partial charge on any atom is -0.399 e. The van der Waals surface area contributed by atoms with Crippen molar-refractivity contribution in [3.05, 3.63) is 28.9 Å². The van der Waals surface area contributed by atoms with Crippen LogP contribution in [0.2, 0.25) is 0 Å². The number of aryl methyl sites for hydroxylation is 1. The van der Waals surface area contributed by atoms with Gasteiger partial charge in [0.15, 0.2) is 0 Å². The number of rotatable bonds is 1. The molecular weight excluding hydrogens is 317 g/mol. The van der Waals surface area contributed by atoms with E-state index >= 15 is 0 Å². The molecule has 3 rings (SSSR count). The summed E-state index contributed by atoms with van der Waals surface area (Å²) >= 11 is 3.54. The summed E-state index contributed by atoms with van der Waals surface area (Å²) in [4.78, 5) is 0. The molecule has 1 saturated heterocycles. The average Bonchev–Trinajstić information content (AvgIpc) is 2.74. The first-order valence-corrected chi connectivity index (χ1v) is 7.61. The monoisotopic (exact) mass is 335 g/mol. The quantitative estimate of drug-likeness (QED) is 0.747. The molecule has 2 heterocycles. The molecular formula is C15H19BBrNO2. The molecule has 5 heteroatoms. The van der Waals surface area contributed by atoms with E-state index in [1.807, 2.05) is 7.05 Å². The number of nitrogens with zero attached hydrogens (tertiary/aromatic N) is 1. The highest BCUT2D eigenvalue weighted by atomic mass is 79.9. The summed E-state index contributed by atoms with van der Waals surface area (Å²) in [5.74, 6) is 0. The smallest absolute Gasteiger partial charge is 0.399 e. The predicted octanol–water partition coefficient (Wildman–Crippen LogP) is 3.24. The van der Waals surface area contributed by atoms with E-state index in [-0.39, 0.29) is 18.3 Å². The third-order valence-electron chi connectivity index (χ3n) is 4.49. The van der Waals surface area contributed by atoms with Crippen molar-refractivity contribution in [3.63, 3.8) is 0 Å². The second-order valence-electron chi connectivity index (χ2n) is 6.45. The molecule has 1 aromatic carbocycles. The number of aromatic nitrogens is 1. The summed E-state index contributed by atoms with van der Waals surface area (Å²) < 4.78 is 15.5. The van der Waals surface area contributed by atoms with Gasteiger partial charge in [-0.1, -0.05) is 15.9 Å². The fourth-order valence-corrected chi connectivity index (χ4v) is 2.91. The van der Waals surface area contributed by atoms with Gasteiger partial charge in [0, 0.05) is 34.1 Å². The molecule has 0 saturated carbocycles. The van der Waals surface area contributed by atoms with Gasteiger partial charge >= 0.3 is 7.12 Å². The van der Waals surface area contributed by atoms with E-state index in [0.29, 0.717) is 0 Å². The zero-order valence-electron chi connectivity index (χ0n) is 12.5. The van der Waals surface area contributed by atoms with Gasteiger partial charge in [0.25, 0.3) is 0 Å². The number of hydrogen-bond acceptors (Lipinski definition) is 2. The Balaban J connectivity index is 2.10. The normalized spacial score (nSPS) is 20.8. The maximum atomic E-state index is 6.16. The highest BCUT2D eigenvalue weighted by molar-refractivity contribution is 9.10. The summed E-state index contributed by atoms with van der Waals surface area (Å²) in [5, 5.41) is 1.17. The summed E-state index contributed by atoms with van der Waals surface area (Å²) in [6, 6.07) is 6.28. The Morgan fingerprint density at radius 1 is 1.10 bits per heavy atom. The van der Waals surface area contributed by atoms with Crippen LogP contribution in [0.15, 0.2) is 28.9 Å². The molecule has 106 valence electrons. The van der Waals surface area contributed by atoms with Crippen molar-refractivity contribution in [2.45, 2.75) is 38.9 Å². The second kappa shape index (κ2) is 4.36. The van der Waals surface area contributed by atoms with E-state index in [1.54, 1.807) is 0 Å². The molecule has 2 aromatic rings. The van der Waals surface area contributed by atoms with Crippen molar-refractivity contribution < 1.29 is 9.31 Å². The van der Waals surface area contributed by atoms with Gasteiger partial charge in [-0.05, 0) is 45.9 Å². The van der Waals surface area contributed by atoms with E-state index < -0.39 is 0 Å². The first kappa shape index (κ1) is 14.2. The minimum atomic E-state index is -0.321. The maximum Gasteiger partial charge on any atom is 0.497 e.